The van der Waals surface area contributed by atoms with Crippen LogP contribution in [0.1, 0.15) is 293 Å². The molecule has 4 bridgehead atoms. The molecule has 6 saturated carbocycles. The van der Waals surface area contributed by atoms with Crippen LogP contribution in [0.15, 0.2) is 164 Å². The van der Waals surface area contributed by atoms with Crippen LogP contribution in [0.3, 0.4) is 0 Å². The summed E-state index contributed by atoms with van der Waals surface area (Å²) in [4.78, 5) is 17.5. The first kappa shape index (κ1) is 86.1. The molecule has 3 saturated heterocycles. The predicted molar refractivity (Wildman–Crippen MR) is 472 cm³/mol. The number of aryl methyl sites for hydroxylation is 5. The van der Waals surface area contributed by atoms with E-state index in [0.717, 1.165) is 49.1 Å². The first-order valence-electron chi connectivity index (χ1n) is 43.4. The minimum atomic E-state index is 0.159. The summed E-state index contributed by atoms with van der Waals surface area (Å²) in [7, 11) is 0. The molecule has 6 nitrogen and oxygen atoms in total. The van der Waals surface area contributed by atoms with Crippen LogP contribution in [0.5, 0.6) is 0 Å². The lowest BCUT2D eigenvalue weighted by atomic mass is 9.44. The van der Waals surface area contributed by atoms with Gasteiger partial charge in [-0.15, -0.1) is 0 Å². The molecule has 0 radical (unpaired) electrons. The second kappa shape index (κ2) is 37.0. The minimum absolute atomic E-state index is 0.159. The number of hydrogen-bond acceptors (Lipinski definition) is 6. The van der Waals surface area contributed by atoms with Crippen LogP contribution >= 0.6 is 0 Å². The molecule has 0 unspecified atom stereocenters. The Hall–Kier alpha value is -6.53. The summed E-state index contributed by atoms with van der Waals surface area (Å²) in [5.41, 5.74) is 21.4. The third kappa shape index (κ3) is 18.9. The van der Waals surface area contributed by atoms with Gasteiger partial charge < -0.3 is 24.5 Å². The number of fused-ring (bicyclic) bond motifs is 3. The van der Waals surface area contributed by atoms with Gasteiger partial charge in [-0.1, -0.05) is 251 Å². The first-order chi connectivity index (χ1) is 51.2. The van der Waals surface area contributed by atoms with Crippen molar-refractivity contribution in [3.05, 3.63) is 203 Å². The van der Waals surface area contributed by atoms with Gasteiger partial charge in [0.1, 0.15) is 5.82 Å². The Morgan fingerprint density at radius 3 is 1.12 bits per heavy atom. The number of hydrogen-bond donors (Lipinski definition) is 0. The van der Waals surface area contributed by atoms with Gasteiger partial charge in [0, 0.05) is 106 Å². The van der Waals surface area contributed by atoms with Crippen molar-refractivity contribution < 1.29 is 0 Å². The average Bonchev–Trinajstić information content (AvgIpc) is 1.58. The number of rotatable bonds is 5. The summed E-state index contributed by atoms with van der Waals surface area (Å²) in [5.74, 6) is 5.31. The Labute approximate surface area is 657 Å². The van der Waals surface area contributed by atoms with Gasteiger partial charge in [0.15, 0.2) is 0 Å². The number of anilines is 7. The van der Waals surface area contributed by atoms with Crippen molar-refractivity contribution in [2.45, 2.75) is 316 Å². The summed E-state index contributed by atoms with van der Waals surface area (Å²) in [6.45, 7) is 60.9. The van der Waals surface area contributed by atoms with Crippen molar-refractivity contribution in [2.24, 2.45) is 39.9 Å². The molecule has 0 N–H and O–H groups in total. The third-order valence-electron chi connectivity index (χ3n) is 26.3. The number of aromatic nitrogens is 1. The first-order valence-corrected chi connectivity index (χ1v) is 43.4. The largest absolute Gasteiger partial charge is 0.366 e. The van der Waals surface area contributed by atoms with E-state index in [9.17, 15) is 0 Å². The van der Waals surface area contributed by atoms with E-state index in [-0.39, 0.29) is 11.0 Å². The molecule has 9 fully saturated rings. The van der Waals surface area contributed by atoms with E-state index in [1.165, 1.54) is 164 Å². The Balaban J connectivity index is 0.000000164. The summed E-state index contributed by atoms with van der Waals surface area (Å²) in [5, 5.41) is 0. The van der Waals surface area contributed by atoms with Gasteiger partial charge in [0.05, 0.1) is 0 Å². The SMILES string of the molecule is CC.CC.CC.CC.CC.Cc1ccccc1N1CC(C)(C)CC1(C)C.Cc1ccccc1N1CC(C)(C)c2cccnc21.Cc1ccccc1N1CC2(CC1(C)C)C1CC3CC(C1)CC2C3.Cc1ccccc1N1CC2(CCCCC2)CC1(C)C.Cc1ccccc1N1CC2(CCCCC2)c2ccccc21. The molecule has 0 amide bonds. The molecule has 11 aliphatic rings. The van der Waals surface area contributed by atoms with Crippen LogP contribution in [0.2, 0.25) is 0 Å². The highest BCUT2D eigenvalue weighted by Crippen LogP contribution is 2.68. The fourth-order valence-corrected chi connectivity index (χ4v) is 22.3. The molecule has 18 rings (SSSR count). The third-order valence-corrected chi connectivity index (χ3v) is 26.3. The number of pyridine rings is 1. The van der Waals surface area contributed by atoms with Crippen molar-refractivity contribution >= 4 is 39.9 Å². The normalized spacial score (nSPS) is 24.1. The van der Waals surface area contributed by atoms with Gasteiger partial charge in [0.25, 0.3) is 0 Å². The van der Waals surface area contributed by atoms with Crippen LogP contribution < -0.4 is 24.5 Å². The van der Waals surface area contributed by atoms with E-state index in [1.807, 2.05) is 81.5 Å². The smallest absolute Gasteiger partial charge is 0.136 e. The molecule has 7 aromatic rings. The average molecular weight is 1450 g/mol. The second-order valence-corrected chi connectivity index (χ2v) is 36.2. The topological polar surface area (TPSA) is 29.1 Å². The molecular formula is C101H152N6. The Morgan fingerprint density at radius 2 is 0.682 bits per heavy atom. The molecular weight excluding hydrogens is 1300 g/mol. The number of nitrogens with zero attached hydrogens (tertiary/aromatic N) is 6. The lowest BCUT2D eigenvalue weighted by Crippen LogP contribution is -2.54. The highest BCUT2D eigenvalue weighted by Gasteiger charge is 2.63. The molecule has 0 atom stereocenters. The van der Waals surface area contributed by atoms with E-state index in [2.05, 4.69) is 285 Å². The molecule has 6 aliphatic carbocycles. The highest BCUT2D eigenvalue weighted by atomic mass is 15.3. The van der Waals surface area contributed by atoms with Crippen molar-refractivity contribution in [1.82, 2.24) is 4.98 Å². The molecule has 107 heavy (non-hydrogen) atoms. The Kier molecular flexibility index (Phi) is 29.8. The summed E-state index contributed by atoms with van der Waals surface area (Å²) in [6.07, 6.45) is 27.8. The van der Waals surface area contributed by atoms with E-state index < -0.39 is 0 Å². The fourth-order valence-electron chi connectivity index (χ4n) is 22.3. The van der Waals surface area contributed by atoms with Crippen molar-refractivity contribution in [2.75, 3.05) is 57.2 Å². The summed E-state index contributed by atoms with van der Waals surface area (Å²) in [6, 6.07) is 57.3. The molecule has 6 heterocycles. The highest BCUT2D eigenvalue weighted by molar-refractivity contribution is 5.75. The zero-order valence-electron chi connectivity index (χ0n) is 72.8. The van der Waals surface area contributed by atoms with E-state index in [1.54, 1.807) is 37.7 Å². The van der Waals surface area contributed by atoms with E-state index in [4.69, 9.17) is 0 Å². The Morgan fingerprint density at radius 1 is 0.318 bits per heavy atom. The van der Waals surface area contributed by atoms with Gasteiger partial charge in [-0.25, -0.2) is 4.98 Å². The zero-order chi connectivity index (χ0) is 78.3. The van der Waals surface area contributed by atoms with Crippen LogP contribution in [0.4, 0.5) is 39.9 Å². The minimum Gasteiger partial charge on any atom is -0.366 e. The van der Waals surface area contributed by atoms with E-state index >= 15 is 0 Å². The molecule has 586 valence electrons. The Bertz CT molecular complexity index is 3840. The summed E-state index contributed by atoms with van der Waals surface area (Å²) >= 11 is 0. The van der Waals surface area contributed by atoms with Gasteiger partial charge >= 0.3 is 0 Å². The van der Waals surface area contributed by atoms with Crippen molar-refractivity contribution in [3.63, 3.8) is 0 Å². The molecule has 5 aliphatic heterocycles. The van der Waals surface area contributed by atoms with Crippen LogP contribution in [0, 0.1) is 74.5 Å². The maximum Gasteiger partial charge on any atom is 0.136 e. The molecule has 6 heteroatoms. The van der Waals surface area contributed by atoms with Gasteiger partial charge in [-0.2, -0.15) is 0 Å². The van der Waals surface area contributed by atoms with Crippen LogP contribution in [-0.4, -0.2) is 54.3 Å². The second-order valence-electron chi connectivity index (χ2n) is 36.2. The lowest BCUT2D eigenvalue weighted by Gasteiger charge is -2.60. The molecule has 1 aromatic heterocycles. The lowest BCUT2D eigenvalue weighted by molar-refractivity contribution is -0.0993. The van der Waals surface area contributed by atoms with Gasteiger partial charge in [0.2, 0.25) is 0 Å². The zero-order valence-corrected chi connectivity index (χ0v) is 72.8. The van der Waals surface area contributed by atoms with E-state index in [0.29, 0.717) is 32.7 Å². The van der Waals surface area contributed by atoms with Gasteiger partial charge in [-0.3, -0.25) is 0 Å². The quantitative estimate of drug-likeness (QED) is 0.171. The standard InChI is InChI=1S/C22H31N.C20H23N.C18H27N.C16H18N2.C15H23N.5C2H6/c1-15-6-4-5-7-20(15)23-14-22(13-21(23,2)3)18-9-16-8-17(11-18)12-19(22)10-16;1-16-9-3-5-11-18(16)21-15-20(13-7-2-8-14-20)17-10-4-6-12-19(17)21;1-15-9-5-6-10-16(15)19-14-18(13-17(19,2)3)11-7-4-8-12-18;1-12-7-4-5-9-14(12)18-11-16(2,3)13-8-6-10-17-15(13)18;1-12-8-6-7-9-13(12)16-11-14(2,3)10-15(16,4)5;5*1-2/h4-7,16-19H,8-14H2,1-3H3;3-6,9-12H,2,7-8,13-15H2,1H3;5-6,9-10H,4,7-8,11-14H2,1-3H3;4-10H,11H2,1-3H3;6-9H,10-11H2,1-5H3;5*1-2H3. The van der Waals surface area contributed by atoms with Crippen LogP contribution in [-0.2, 0) is 10.8 Å². The fraction of sp³-hybridized carbons (Fsp3) is 0.594. The number of para-hydroxylation sites is 6. The maximum absolute atomic E-state index is 4.58. The maximum atomic E-state index is 4.58. The van der Waals surface area contributed by atoms with Crippen LogP contribution in [0.25, 0.3) is 0 Å². The molecule has 3 spiro atoms. The van der Waals surface area contributed by atoms with Gasteiger partial charge in [-0.05, 0) is 269 Å². The monoisotopic (exact) mass is 1450 g/mol. The summed E-state index contributed by atoms with van der Waals surface area (Å²) < 4.78 is 0. The predicted octanol–water partition coefficient (Wildman–Crippen LogP) is 28.7. The molecule has 6 aromatic carbocycles. The number of benzene rings is 6. The van der Waals surface area contributed by atoms with Crippen molar-refractivity contribution in [1.29, 1.82) is 0 Å². The van der Waals surface area contributed by atoms with Crippen molar-refractivity contribution in [3.8, 4) is 0 Å².